The maximum atomic E-state index is 10.8. The summed E-state index contributed by atoms with van der Waals surface area (Å²) >= 11 is 0. The van der Waals surface area contributed by atoms with Gasteiger partial charge in [0, 0.05) is 18.7 Å². The van der Waals surface area contributed by atoms with E-state index in [1.807, 2.05) is 28.8 Å². The summed E-state index contributed by atoms with van der Waals surface area (Å²) < 4.78 is 2.00. The van der Waals surface area contributed by atoms with E-state index in [1.165, 1.54) is 12.1 Å². The van der Waals surface area contributed by atoms with E-state index in [0.717, 1.165) is 16.6 Å². The summed E-state index contributed by atoms with van der Waals surface area (Å²) in [4.78, 5) is 14.9. The highest BCUT2D eigenvalue weighted by molar-refractivity contribution is 5.78. The second-order valence-corrected chi connectivity index (χ2v) is 5.66. The molecule has 1 unspecified atom stereocenters. The van der Waals surface area contributed by atoms with Gasteiger partial charge in [0.2, 0.25) is 5.95 Å². The Morgan fingerprint density at radius 2 is 1.96 bits per heavy atom. The minimum absolute atomic E-state index is 0.0710. The lowest BCUT2D eigenvalue weighted by atomic mass is 10.2. The summed E-state index contributed by atoms with van der Waals surface area (Å²) in [5, 5.41) is 23.4. The van der Waals surface area contributed by atoms with Gasteiger partial charge in [0.05, 0.1) is 28.6 Å². The zero-order chi connectivity index (χ0) is 17.1. The molecule has 3 aromatic rings. The lowest BCUT2D eigenvalue weighted by Gasteiger charge is -2.12. The van der Waals surface area contributed by atoms with Crippen LogP contribution < -0.4 is 5.32 Å². The molecule has 124 valence electrons. The molecule has 0 radical (unpaired) electrons. The van der Waals surface area contributed by atoms with Gasteiger partial charge in [-0.25, -0.2) is 4.98 Å². The number of nitrogens with one attached hydrogen (secondary N) is 1. The summed E-state index contributed by atoms with van der Waals surface area (Å²) in [6.07, 6.45) is -0.488. The Balaban J connectivity index is 1.94. The van der Waals surface area contributed by atoms with Crippen molar-refractivity contribution in [1.29, 1.82) is 0 Å². The highest BCUT2D eigenvalue weighted by Gasteiger charge is 2.12. The molecule has 0 fully saturated rings. The first-order valence-corrected chi connectivity index (χ1v) is 7.65. The van der Waals surface area contributed by atoms with Crippen LogP contribution in [0.25, 0.3) is 11.0 Å². The van der Waals surface area contributed by atoms with Crippen LogP contribution in [-0.4, -0.2) is 32.2 Å². The number of benzene rings is 2. The number of rotatable bonds is 6. The fraction of sp³-hybridized carbons (Fsp3) is 0.235. The van der Waals surface area contributed by atoms with E-state index >= 15 is 0 Å². The summed E-state index contributed by atoms with van der Waals surface area (Å²) in [5.41, 5.74) is 2.82. The maximum Gasteiger partial charge on any atom is 0.269 e. The predicted octanol–water partition coefficient (Wildman–Crippen LogP) is 2.79. The van der Waals surface area contributed by atoms with Gasteiger partial charge >= 0.3 is 0 Å². The van der Waals surface area contributed by atoms with Gasteiger partial charge in [-0.1, -0.05) is 24.3 Å². The highest BCUT2D eigenvalue weighted by Crippen LogP contribution is 2.22. The lowest BCUT2D eigenvalue weighted by Crippen LogP contribution is -2.18. The van der Waals surface area contributed by atoms with Crippen LogP contribution in [0.5, 0.6) is 0 Å². The normalized spacial score (nSPS) is 12.2. The molecule has 0 saturated heterocycles. The van der Waals surface area contributed by atoms with Crippen molar-refractivity contribution in [3.05, 3.63) is 64.2 Å². The van der Waals surface area contributed by atoms with Crippen LogP contribution in [0.1, 0.15) is 12.5 Å². The van der Waals surface area contributed by atoms with Crippen LogP contribution in [0.15, 0.2) is 48.5 Å². The third-order valence-corrected chi connectivity index (χ3v) is 3.70. The Bertz CT molecular complexity index is 856. The molecule has 0 bridgehead atoms. The number of anilines is 1. The first kappa shape index (κ1) is 15.9. The Labute approximate surface area is 138 Å². The SMILES string of the molecule is CC(O)CNc1nc2ccccc2n1Cc1ccc([N+](=O)[O-])cc1. The van der Waals surface area contributed by atoms with Crippen LogP contribution in [0.3, 0.4) is 0 Å². The van der Waals surface area contributed by atoms with E-state index in [9.17, 15) is 15.2 Å². The first-order valence-electron chi connectivity index (χ1n) is 7.65. The molecule has 0 saturated carbocycles. The van der Waals surface area contributed by atoms with Gasteiger partial charge in [0.15, 0.2) is 0 Å². The van der Waals surface area contributed by atoms with Gasteiger partial charge in [-0.15, -0.1) is 0 Å². The molecule has 7 nitrogen and oxygen atoms in total. The van der Waals surface area contributed by atoms with Crippen molar-refractivity contribution in [3.63, 3.8) is 0 Å². The number of para-hydroxylation sites is 2. The fourth-order valence-corrected chi connectivity index (χ4v) is 2.52. The number of fused-ring (bicyclic) bond motifs is 1. The topological polar surface area (TPSA) is 93.2 Å². The molecule has 1 heterocycles. The zero-order valence-corrected chi connectivity index (χ0v) is 13.2. The summed E-state index contributed by atoms with van der Waals surface area (Å²) in [6, 6.07) is 14.2. The van der Waals surface area contributed by atoms with Gasteiger partial charge < -0.3 is 15.0 Å². The van der Waals surface area contributed by atoms with Crippen molar-refractivity contribution in [2.45, 2.75) is 19.6 Å². The smallest absolute Gasteiger partial charge is 0.269 e. The Hall–Kier alpha value is -2.93. The van der Waals surface area contributed by atoms with Gasteiger partial charge in [0.25, 0.3) is 5.69 Å². The maximum absolute atomic E-state index is 10.8. The third-order valence-electron chi connectivity index (χ3n) is 3.70. The van der Waals surface area contributed by atoms with Crippen molar-refractivity contribution in [1.82, 2.24) is 9.55 Å². The molecule has 2 N–H and O–H groups in total. The van der Waals surface area contributed by atoms with Gasteiger partial charge in [0.1, 0.15) is 0 Å². The summed E-state index contributed by atoms with van der Waals surface area (Å²) in [7, 11) is 0. The highest BCUT2D eigenvalue weighted by atomic mass is 16.6. The minimum atomic E-state index is -0.488. The van der Waals surface area contributed by atoms with E-state index in [4.69, 9.17) is 0 Å². The van der Waals surface area contributed by atoms with Crippen molar-refractivity contribution in [2.75, 3.05) is 11.9 Å². The van der Waals surface area contributed by atoms with Gasteiger partial charge in [-0.05, 0) is 24.6 Å². The number of aliphatic hydroxyl groups excluding tert-OH is 1. The Kier molecular flexibility index (Phi) is 4.43. The Morgan fingerprint density at radius 1 is 1.25 bits per heavy atom. The second-order valence-electron chi connectivity index (χ2n) is 5.66. The van der Waals surface area contributed by atoms with Crippen molar-refractivity contribution in [2.24, 2.45) is 0 Å². The van der Waals surface area contributed by atoms with Gasteiger partial charge in [-0.2, -0.15) is 0 Å². The van der Waals surface area contributed by atoms with E-state index in [0.29, 0.717) is 19.0 Å². The number of imidazole rings is 1. The number of nitro benzene ring substituents is 1. The molecule has 1 aromatic heterocycles. The van der Waals surface area contributed by atoms with Gasteiger partial charge in [-0.3, -0.25) is 10.1 Å². The van der Waals surface area contributed by atoms with Crippen LogP contribution in [0.4, 0.5) is 11.6 Å². The van der Waals surface area contributed by atoms with E-state index in [1.54, 1.807) is 19.1 Å². The molecular formula is C17H18N4O3. The minimum Gasteiger partial charge on any atom is -0.392 e. The van der Waals surface area contributed by atoms with Crippen molar-refractivity contribution in [3.8, 4) is 0 Å². The molecule has 24 heavy (non-hydrogen) atoms. The predicted molar refractivity (Wildman–Crippen MR) is 92.1 cm³/mol. The van der Waals surface area contributed by atoms with Crippen LogP contribution in [0, 0.1) is 10.1 Å². The van der Waals surface area contributed by atoms with E-state index < -0.39 is 11.0 Å². The fourth-order valence-electron chi connectivity index (χ4n) is 2.52. The van der Waals surface area contributed by atoms with Crippen molar-refractivity contribution >= 4 is 22.7 Å². The molecule has 1 atom stereocenters. The average Bonchev–Trinajstić information content (AvgIpc) is 2.91. The second kappa shape index (κ2) is 6.67. The number of nitrogens with zero attached hydrogens (tertiary/aromatic N) is 3. The number of hydrogen-bond acceptors (Lipinski definition) is 5. The monoisotopic (exact) mass is 326 g/mol. The van der Waals surface area contributed by atoms with Crippen LogP contribution in [-0.2, 0) is 6.54 Å². The van der Waals surface area contributed by atoms with E-state index in [2.05, 4.69) is 10.3 Å². The number of aromatic nitrogens is 2. The Morgan fingerprint density at radius 3 is 2.62 bits per heavy atom. The van der Waals surface area contributed by atoms with Crippen LogP contribution >= 0.6 is 0 Å². The summed E-state index contributed by atoms with van der Waals surface area (Å²) in [6.45, 7) is 2.63. The van der Waals surface area contributed by atoms with Crippen LogP contribution in [0.2, 0.25) is 0 Å². The number of nitro groups is 1. The zero-order valence-electron chi connectivity index (χ0n) is 13.2. The molecular weight excluding hydrogens is 308 g/mol. The van der Waals surface area contributed by atoms with E-state index in [-0.39, 0.29) is 5.69 Å². The largest absolute Gasteiger partial charge is 0.392 e. The molecule has 0 aliphatic carbocycles. The average molecular weight is 326 g/mol. The molecule has 0 spiro atoms. The number of non-ortho nitro benzene ring substituents is 1. The lowest BCUT2D eigenvalue weighted by molar-refractivity contribution is -0.384. The molecule has 0 aliphatic rings. The first-order chi connectivity index (χ1) is 11.5. The third kappa shape index (κ3) is 3.36. The number of hydrogen-bond donors (Lipinski definition) is 2. The molecule has 3 rings (SSSR count). The quantitative estimate of drug-likeness (QED) is 0.537. The number of aliphatic hydroxyl groups is 1. The standard InChI is InChI=1S/C17H18N4O3/c1-12(22)10-18-17-19-15-4-2-3-5-16(15)20(17)11-13-6-8-14(9-7-13)21(23)24/h2-9,12,22H,10-11H2,1H3,(H,18,19). The molecule has 0 amide bonds. The molecule has 0 aliphatic heterocycles. The molecule has 2 aromatic carbocycles. The summed E-state index contributed by atoms with van der Waals surface area (Å²) in [5.74, 6) is 0.662. The van der Waals surface area contributed by atoms with Crippen molar-refractivity contribution < 1.29 is 10.0 Å². The molecule has 7 heteroatoms.